The maximum absolute atomic E-state index is 10.5. The molecular formula is C16H27NO2. The number of hydrogen-bond acceptors (Lipinski definition) is 3. The molecule has 0 heterocycles. The summed E-state index contributed by atoms with van der Waals surface area (Å²) in [5, 5.41) is 10.5. The lowest BCUT2D eigenvalue weighted by Gasteiger charge is -2.36. The first-order chi connectivity index (χ1) is 8.81. The Labute approximate surface area is 117 Å². The van der Waals surface area contributed by atoms with E-state index in [9.17, 15) is 5.11 Å². The molecule has 0 spiro atoms. The molecule has 1 N–H and O–H groups in total. The molecular weight excluding hydrogens is 238 g/mol. The molecule has 1 aromatic rings. The molecule has 1 rings (SSSR count). The molecule has 0 fully saturated rings. The molecule has 0 amide bonds. The lowest BCUT2D eigenvalue weighted by atomic mass is 9.98. The minimum absolute atomic E-state index is 0.0814. The number of methoxy groups -OCH3 is 1. The summed E-state index contributed by atoms with van der Waals surface area (Å²) >= 11 is 0. The van der Waals surface area contributed by atoms with Crippen LogP contribution in [0.25, 0.3) is 0 Å². The summed E-state index contributed by atoms with van der Waals surface area (Å²) in [4.78, 5) is 2.19. The maximum Gasteiger partial charge on any atom is 0.124 e. The topological polar surface area (TPSA) is 32.7 Å². The van der Waals surface area contributed by atoms with E-state index >= 15 is 0 Å². The summed E-state index contributed by atoms with van der Waals surface area (Å²) in [5.41, 5.74) is 2.08. The Bertz CT molecular complexity index is 415. The Hall–Kier alpha value is -1.06. The van der Waals surface area contributed by atoms with Gasteiger partial charge in [0.05, 0.1) is 13.2 Å². The monoisotopic (exact) mass is 265 g/mol. The van der Waals surface area contributed by atoms with E-state index in [0.717, 1.165) is 23.3 Å². The molecule has 3 nitrogen and oxygen atoms in total. The second kappa shape index (κ2) is 6.40. The largest absolute Gasteiger partial charge is 0.496 e. The van der Waals surface area contributed by atoms with E-state index in [4.69, 9.17) is 4.74 Å². The average Bonchev–Trinajstić information content (AvgIpc) is 2.38. The highest BCUT2D eigenvalue weighted by Gasteiger charge is 2.24. The summed E-state index contributed by atoms with van der Waals surface area (Å²) in [6.07, 6.45) is 0.506. The zero-order valence-electron chi connectivity index (χ0n) is 13.0. The van der Waals surface area contributed by atoms with Crippen LogP contribution in [0.4, 0.5) is 0 Å². The molecule has 3 heteroatoms. The predicted molar refractivity (Wildman–Crippen MR) is 79.7 cm³/mol. The van der Waals surface area contributed by atoms with Gasteiger partial charge in [0, 0.05) is 17.6 Å². The highest BCUT2D eigenvalue weighted by atomic mass is 16.5. The van der Waals surface area contributed by atoms with Crippen LogP contribution in [0.3, 0.4) is 0 Å². The zero-order chi connectivity index (χ0) is 14.6. The second-order valence-corrected chi connectivity index (χ2v) is 5.81. The van der Waals surface area contributed by atoms with Crippen molar-refractivity contribution in [2.45, 2.75) is 45.8 Å². The Kier molecular flexibility index (Phi) is 5.39. The Morgan fingerprint density at radius 2 is 2.00 bits per heavy atom. The van der Waals surface area contributed by atoms with Gasteiger partial charge in [0.25, 0.3) is 0 Å². The first-order valence-corrected chi connectivity index (χ1v) is 6.85. The first kappa shape index (κ1) is 16.0. The fourth-order valence-electron chi connectivity index (χ4n) is 1.99. The number of hydrogen-bond donors (Lipinski definition) is 1. The van der Waals surface area contributed by atoms with Crippen LogP contribution in [0.1, 0.15) is 44.4 Å². The highest BCUT2D eigenvalue weighted by molar-refractivity contribution is 5.38. The van der Waals surface area contributed by atoms with Crippen LogP contribution in [0.2, 0.25) is 0 Å². The number of aliphatic hydroxyl groups excluding tert-OH is 1. The van der Waals surface area contributed by atoms with Crippen molar-refractivity contribution in [2.75, 3.05) is 20.7 Å². The van der Waals surface area contributed by atoms with Gasteiger partial charge in [-0.3, -0.25) is 4.90 Å². The van der Waals surface area contributed by atoms with Crippen molar-refractivity contribution >= 4 is 0 Å². The summed E-state index contributed by atoms with van der Waals surface area (Å²) in [6, 6.07) is 5.91. The number of nitrogens with zero attached hydrogens (tertiary/aromatic N) is 1. The van der Waals surface area contributed by atoms with Crippen LogP contribution in [-0.4, -0.2) is 36.2 Å². The number of rotatable bonds is 6. The summed E-state index contributed by atoms with van der Waals surface area (Å²) in [5.74, 6) is 0.751. The van der Waals surface area contributed by atoms with Gasteiger partial charge in [-0.15, -0.1) is 0 Å². The predicted octanol–water partition coefficient (Wildman–Crippen LogP) is 3.16. The smallest absolute Gasteiger partial charge is 0.124 e. The maximum atomic E-state index is 10.5. The van der Waals surface area contributed by atoms with Gasteiger partial charge in [0.1, 0.15) is 5.75 Å². The van der Waals surface area contributed by atoms with Crippen LogP contribution >= 0.6 is 0 Å². The third kappa shape index (κ3) is 3.95. The molecule has 0 radical (unpaired) electrons. The fraction of sp³-hybridized carbons (Fsp3) is 0.625. The van der Waals surface area contributed by atoms with Crippen LogP contribution in [0, 0.1) is 6.92 Å². The summed E-state index contributed by atoms with van der Waals surface area (Å²) < 4.78 is 5.34. The van der Waals surface area contributed by atoms with E-state index < -0.39 is 6.10 Å². The molecule has 0 aliphatic carbocycles. The lowest BCUT2D eigenvalue weighted by Crippen LogP contribution is -2.42. The molecule has 1 unspecified atom stereocenters. The normalized spacial score (nSPS) is 13.7. The number of benzene rings is 1. The molecule has 0 aliphatic rings. The molecule has 19 heavy (non-hydrogen) atoms. The van der Waals surface area contributed by atoms with Gasteiger partial charge in [0.2, 0.25) is 0 Å². The van der Waals surface area contributed by atoms with E-state index in [0.29, 0.717) is 6.54 Å². The Morgan fingerprint density at radius 3 is 2.53 bits per heavy atom. The average molecular weight is 265 g/mol. The quantitative estimate of drug-likeness (QED) is 0.857. The third-order valence-electron chi connectivity index (χ3n) is 4.09. The van der Waals surface area contributed by atoms with Crippen molar-refractivity contribution < 1.29 is 9.84 Å². The summed E-state index contributed by atoms with van der Waals surface area (Å²) in [7, 11) is 3.69. The van der Waals surface area contributed by atoms with Gasteiger partial charge >= 0.3 is 0 Å². The zero-order valence-corrected chi connectivity index (χ0v) is 13.0. The van der Waals surface area contributed by atoms with Crippen LogP contribution in [0.5, 0.6) is 5.75 Å². The SMILES string of the molecule is CCC(C)(C)N(C)CC(O)c1cc(C)ccc1OC. The van der Waals surface area contributed by atoms with Crippen LogP contribution < -0.4 is 4.74 Å². The van der Waals surface area contributed by atoms with Crippen LogP contribution in [0.15, 0.2) is 18.2 Å². The lowest BCUT2D eigenvalue weighted by molar-refractivity contribution is 0.0672. The highest BCUT2D eigenvalue weighted by Crippen LogP contribution is 2.28. The summed E-state index contributed by atoms with van der Waals surface area (Å²) in [6.45, 7) is 9.16. The molecule has 0 saturated carbocycles. The molecule has 0 saturated heterocycles. The third-order valence-corrected chi connectivity index (χ3v) is 4.09. The van der Waals surface area contributed by atoms with Crippen molar-refractivity contribution in [3.8, 4) is 5.75 Å². The van der Waals surface area contributed by atoms with E-state index in [2.05, 4.69) is 32.7 Å². The standard InChI is InChI=1S/C16H27NO2/c1-7-16(3,4)17(5)11-14(18)13-10-12(2)8-9-15(13)19-6/h8-10,14,18H,7,11H2,1-6H3. The van der Waals surface area contributed by atoms with Crippen molar-refractivity contribution in [1.82, 2.24) is 4.90 Å². The van der Waals surface area contributed by atoms with Crippen LogP contribution in [-0.2, 0) is 0 Å². The Balaban J connectivity index is 2.89. The van der Waals surface area contributed by atoms with Gasteiger partial charge in [-0.05, 0) is 46.4 Å². The molecule has 1 aromatic carbocycles. The van der Waals surface area contributed by atoms with Gasteiger partial charge in [0.15, 0.2) is 0 Å². The van der Waals surface area contributed by atoms with Crippen molar-refractivity contribution in [3.05, 3.63) is 29.3 Å². The molecule has 0 aromatic heterocycles. The van der Waals surface area contributed by atoms with Gasteiger partial charge in [-0.2, -0.15) is 0 Å². The van der Waals surface area contributed by atoms with Gasteiger partial charge in [-0.1, -0.05) is 18.6 Å². The van der Waals surface area contributed by atoms with E-state index in [-0.39, 0.29) is 5.54 Å². The van der Waals surface area contributed by atoms with Gasteiger partial charge < -0.3 is 9.84 Å². The van der Waals surface area contributed by atoms with Crippen molar-refractivity contribution in [2.24, 2.45) is 0 Å². The molecule has 0 aliphatic heterocycles. The molecule has 1 atom stereocenters. The molecule has 0 bridgehead atoms. The molecule has 108 valence electrons. The number of ether oxygens (including phenoxy) is 1. The number of β-amino-alcohol motifs (C(OH)–C–C–N with tert-alkyl or cyclic N) is 1. The number of aryl methyl sites for hydroxylation is 1. The van der Waals surface area contributed by atoms with Gasteiger partial charge in [-0.25, -0.2) is 0 Å². The van der Waals surface area contributed by atoms with E-state index in [1.807, 2.05) is 25.1 Å². The first-order valence-electron chi connectivity index (χ1n) is 6.85. The number of aliphatic hydroxyl groups is 1. The van der Waals surface area contributed by atoms with E-state index in [1.165, 1.54) is 0 Å². The van der Waals surface area contributed by atoms with Crippen molar-refractivity contribution in [1.29, 1.82) is 0 Å². The second-order valence-electron chi connectivity index (χ2n) is 5.81. The number of likely N-dealkylation sites (N-methyl/N-ethyl adjacent to an activating group) is 1. The Morgan fingerprint density at radius 1 is 1.37 bits per heavy atom. The minimum atomic E-state index is -0.536. The minimum Gasteiger partial charge on any atom is -0.496 e. The fourth-order valence-corrected chi connectivity index (χ4v) is 1.99. The van der Waals surface area contributed by atoms with E-state index in [1.54, 1.807) is 7.11 Å². The van der Waals surface area contributed by atoms with Crippen molar-refractivity contribution in [3.63, 3.8) is 0 Å².